The second-order valence-corrected chi connectivity index (χ2v) is 10.2. The van der Waals surface area contributed by atoms with Gasteiger partial charge in [0.05, 0.1) is 31.1 Å². The normalized spacial score (nSPS) is 21.8. The number of rotatable bonds is 8. The van der Waals surface area contributed by atoms with Gasteiger partial charge in [-0.25, -0.2) is 15.3 Å². The third kappa shape index (κ3) is 5.72. The predicted molar refractivity (Wildman–Crippen MR) is 145 cm³/mol. The number of aliphatic imine (C=N–C) groups is 2. The Morgan fingerprint density at radius 3 is 2.66 bits per heavy atom. The molecule has 3 atom stereocenters. The zero-order valence-corrected chi connectivity index (χ0v) is 21.9. The van der Waals surface area contributed by atoms with E-state index in [0.717, 1.165) is 17.7 Å². The number of nitrogens with one attached hydrogen (secondary N) is 4. The molecule has 198 valence electrons. The minimum absolute atomic E-state index is 0.0810. The molecule has 4 N–H and O–H groups in total. The fourth-order valence-electron chi connectivity index (χ4n) is 4.40. The number of carbonyl (C=O) groups is 3. The maximum absolute atomic E-state index is 13.4. The minimum Gasteiger partial charge on any atom is -0.497 e. The van der Waals surface area contributed by atoms with E-state index in [-0.39, 0.29) is 42.1 Å². The van der Waals surface area contributed by atoms with E-state index < -0.39 is 6.04 Å². The van der Waals surface area contributed by atoms with Gasteiger partial charge in [-0.2, -0.15) is 0 Å². The van der Waals surface area contributed by atoms with Crippen LogP contribution < -0.4 is 26.2 Å². The molecular formula is C26H29N7O4S. The highest BCUT2D eigenvalue weighted by molar-refractivity contribution is 8.14. The summed E-state index contributed by atoms with van der Waals surface area (Å²) in [5, 5.41) is 6.15. The number of para-hydroxylation sites is 1. The van der Waals surface area contributed by atoms with E-state index in [1.807, 2.05) is 55.5 Å². The highest BCUT2D eigenvalue weighted by Gasteiger charge is 2.42. The number of hydrogen-bond acceptors (Lipinski definition) is 9. The molecule has 0 bridgehead atoms. The Kier molecular flexibility index (Phi) is 7.72. The Morgan fingerprint density at radius 2 is 1.92 bits per heavy atom. The molecular weight excluding hydrogens is 506 g/mol. The number of ether oxygens (including phenoxy) is 1. The molecule has 1 saturated heterocycles. The minimum atomic E-state index is -0.873. The van der Waals surface area contributed by atoms with Gasteiger partial charge in [-0.1, -0.05) is 36.0 Å². The molecule has 0 spiro atoms. The van der Waals surface area contributed by atoms with Crippen molar-refractivity contribution in [3.05, 3.63) is 59.7 Å². The van der Waals surface area contributed by atoms with Crippen LogP contribution in [0.2, 0.25) is 0 Å². The lowest BCUT2D eigenvalue weighted by Crippen LogP contribution is -2.46. The Labute approximate surface area is 224 Å². The first-order chi connectivity index (χ1) is 18.4. The molecule has 1 fully saturated rings. The Hall–Kier alpha value is -3.74. The summed E-state index contributed by atoms with van der Waals surface area (Å²) < 4.78 is 5.16. The third-order valence-corrected chi connectivity index (χ3v) is 7.27. The lowest BCUT2D eigenvalue weighted by Gasteiger charge is -2.25. The van der Waals surface area contributed by atoms with Crippen molar-refractivity contribution in [1.29, 1.82) is 0 Å². The van der Waals surface area contributed by atoms with Gasteiger partial charge in [0.2, 0.25) is 11.8 Å². The molecule has 5 rings (SSSR count). The van der Waals surface area contributed by atoms with Crippen molar-refractivity contribution in [3.63, 3.8) is 0 Å². The van der Waals surface area contributed by atoms with Crippen LogP contribution in [0, 0.1) is 0 Å². The quantitative estimate of drug-likeness (QED) is 0.401. The average molecular weight is 536 g/mol. The van der Waals surface area contributed by atoms with E-state index in [9.17, 15) is 14.4 Å². The van der Waals surface area contributed by atoms with Crippen molar-refractivity contribution >= 4 is 46.2 Å². The second kappa shape index (κ2) is 11.3. The standard InChI is InChI=1S/C26H29N7O4S/c1-15-11-21(32-31-15)30-23(35)14-38-26-29-19-6-4-3-5-18(19)24-28-20(25(36)33(24)26)12-22(34)27-13-16-7-9-17(37-2)10-8-16/h3-10,15,20-21,31-32H,11-14H2,1-2H3,(H,27,34)(H,30,35). The van der Waals surface area contributed by atoms with Crippen LogP contribution in [0.15, 0.2) is 58.5 Å². The third-order valence-electron chi connectivity index (χ3n) is 6.34. The number of hydrazine groups is 1. The molecule has 3 aliphatic heterocycles. The van der Waals surface area contributed by atoms with Crippen molar-refractivity contribution in [2.45, 2.75) is 44.6 Å². The maximum Gasteiger partial charge on any atom is 0.259 e. The summed E-state index contributed by atoms with van der Waals surface area (Å²) >= 11 is 1.17. The number of hydrogen-bond donors (Lipinski definition) is 4. The number of amidine groups is 2. The fourth-order valence-corrected chi connectivity index (χ4v) is 5.21. The SMILES string of the molecule is COc1ccc(CNC(=O)CC2N=C3c4ccccc4N=C(SCC(=O)NC4CC(C)NN4)N3C2=O)cc1. The van der Waals surface area contributed by atoms with Gasteiger partial charge in [-0.3, -0.25) is 24.8 Å². The van der Waals surface area contributed by atoms with Gasteiger partial charge in [0.15, 0.2) is 5.17 Å². The maximum atomic E-state index is 13.4. The van der Waals surface area contributed by atoms with Gasteiger partial charge < -0.3 is 15.4 Å². The first-order valence-corrected chi connectivity index (χ1v) is 13.3. The molecule has 38 heavy (non-hydrogen) atoms. The average Bonchev–Trinajstić information content (AvgIpc) is 3.48. The Morgan fingerprint density at radius 1 is 1.13 bits per heavy atom. The molecule has 3 aliphatic rings. The topological polar surface area (TPSA) is 137 Å². The monoisotopic (exact) mass is 535 g/mol. The zero-order chi connectivity index (χ0) is 26.6. The van der Waals surface area contributed by atoms with E-state index >= 15 is 0 Å². The lowest BCUT2D eigenvalue weighted by atomic mass is 10.1. The van der Waals surface area contributed by atoms with Crippen LogP contribution in [-0.4, -0.2) is 64.7 Å². The molecule has 0 aliphatic carbocycles. The van der Waals surface area contributed by atoms with E-state index in [0.29, 0.717) is 28.8 Å². The largest absolute Gasteiger partial charge is 0.497 e. The van der Waals surface area contributed by atoms with E-state index in [4.69, 9.17) is 4.74 Å². The zero-order valence-electron chi connectivity index (χ0n) is 21.1. The fraction of sp³-hybridized carbons (Fsp3) is 0.346. The first-order valence-electron chi connectivity index (χ1n) is 12.3. The Balaban J connectivity index is 1.24. The van der Waals surface area contributed by atoms with Crippen LogP contribution in [0.1, 0.15) is 30.9 Å². The molecule has 3 amide bonds. The van der Waals surface area contributed by atoms with E-state index in [1.165, 1.54) is 16.7 Å². The number of nitrogens with zero attached hydrogens (tertiary/aromatic N) is 3. The molecule has 0 radical (unpaired) electrons. The number of benzene rings is 2. The van der Waals surface area contributed by atoms with Crippen LogP contribution in [0.4, 0.5) is 5.69 Å². The van der Waals surface area contributed by atoms with Gasteiger partial charge in [-0.05, 0) is 43.2 Å². The summed E-state index contributed by atoms with van der Waals surface area (Å²) in [6.45, 7) is 2.35. The summed E-state index contributed by atoms with van der Waals surface area (Å²) in [5.41, 5.74) is 8.40. The number of amides is 3. The Bertz CT molecular complexity index is 1300. The summed E-state index contributed by atoms with van der Waals surface area (Å²) in [4.78, 5) is 49.4. The van der Waals surface area contributed by atoms with Gasteiger partial charge in [0.1, 0.15) is 17.6 Å². The van der Waals surface area contributed by atoms with Crippen LogP contribution in [-0.2, 0) is 20.9 Å². The van der Waals surface area contributed by atoms with Gasteiger partial charge in [0.25, 0.3) is 5.91 Å². The molecule has 3 heterocycles. The lowest BCUT2D eigenvalue weighted by molar-refractivity contribution is -0.128. The van der Waals surface area contributed by atoms with E-state index in [1.54, 1.807) is 7.11 Å². The van der Waals surface area contributed by atoms with Crippen molar-refractivity contribution < 1.29 is 19.1 Å². The smallest absolute Gasteiger partial charge is 0.259 e. The predicted octanol–water partition coefficient (Wildman–Crippen LogP) is 1.42. The highest BCUT2D eigenvalue weighted by atomic mass is 32.2. The highest BCUT2D eigenvalue weighted by Crippen LogP contribution is 2.34. The summed E-state index contributed by atoms with van der Waals surface area (Å²) in [5.74, 6) is 0.471. The molecule has 0 saturated carbocycles. The van der Waals surface area contributed by atoms with Crippen molar-refractivity contribution in [1.82, 2.24) is 26.4 Å². The summed E-state index contributed by atoms with van der Waals surface area (Å²) in [6, 6.07) is 14.2. The first kappa shape index (κ1) is 25.9. The van der Waals surface area contributed by atoms with Crippen LogP contribution in [0.25, 0.3) is 0 Å². The van der Waals surface area contributed by atoms with Crippen LogP contribution in [0.5, 0.6) is 5.75 Å². The molecule has 11 nitrogen and oxygen atoms in total. The van der Waals surface area contributed by atoms with Crippen LogP contribution in [0.3, 0.4) is 0 Å². The van der Waals surface area contributed by atoms with Gasteiger partial charge in [-0.15, -0.1) is 0 Å². The second-order valence-electron chi connectivity index (χ2n) is 9.22. The van der Waals surface area contributed by atoms with Gasteiger partial charge in [0, 0.05) is 18.2 Å². The molecule has 0 aromatic heterocycles. The number of thioether (sulfide) groups is 1. The molecule has 3 unspecified atom stereocenters. The van der Waals surface area contributed by atoms with Gasteiger partial charge >= 0.3 is 0 Å². The number of methoxy groups -OCH3 is 1. The molecule has 2 aromatic rings. The van der Waals surface area contributed by atoms with Crippen molar-refractivity contribution in [3.8, 4) is 5.75 Å². The van der Waals surface area contributed by atoms with Crippen molar-refractivity contribution in [2.24, 2.45) is 9.98 Å². The number of carbonyl (C=O) groups excluding carboxylic acids is 3. The summed E-state index contributed by atoms with van der Waals surface area (Å²) in [7, 11) is 1.60. The molecule has 12 heteroatoms. The molecule has 2 aromatic carbocycles. The summed E-state index contributed by atoms with van der Waals surface area (Å²) in [6.07, 6.45) is 0.529. The number of fused-ring (bicyclic) bond motifs is 3. The van der Waals surface area contributed by atoms with Crippen molar-refractivity contribution in [2.75, 3.05) is 12.9 Å². The van der Waals surface area contributed by atoms with Crippen LogP contribution >= 0.6 is 11.8 Å². The van der Waals surface area contributed by atoms with E-state index in [2.05, 4.69) is 31.5 Å².